The van der Waals surface area contributed by atoms with Gasteiger partial charge in [0.25, 0.3) is 6.47 Å². The van der Waals surface area contributed by atoms with Gasteiger partial charge >= 0.3 is 12.1 Å². The van der Waals surface area contributed by atoms with E-state index in [0.29, 0.717) is 10.6 Å². The molecule has 0 unspecified atom stereocenters. The van der Waals surface area contributed by atoms with E-state index in [4.69, 9.17) is 31.3 Å². The van der Waals surface area contributed by atoms with Crippen molar-refractivity contribution in [2.45, 2.75) is 85.9 Å². The predicted molar refractivity (Wildman–Crippen MR) is 223 cm³/mol. The SMILES string of the molecule is CC.CC.Cc1ccc2c(n1)CCCC2.O=C(O)c1ccc(CCNCCc2ccccc2OCc2ccc(-c3ccc(C(F)(F)F)cc3)cc2Cl)cc1.O=CO. The second kappa shape index (κ2) is 25.9. The molecule has 1 aliphatic rings. The first-order valence-electron chi connectivity index (χ1n) is 19.2. The largest absolute Gasteiger partial charge is 0.489 e. The fourth-order valence-corrected chi connectivity index (χ4v) is 6.02. The minimum absolute atomic E-state index is 0.250. The second-order valence-corrected chi connectivity index (χ2v) is 12.8. The number of alkyl halides is 3. The molecule has 3 N–H and O–H groups in total. The normalized spacial score (nSPS) is 11.3. The fraction of sp³-hybridized carbons (Fsp3) is 0.326. The molecule has 1 aliphatic carbocycles. The number of hydrogen-bond acceptors (Lipinski definition) is 5. The van der Waals surface area contributed by atoms with E-state index in [1.54, 1.807) is 18.2 Å². The van der Waals surface area contributed by atoms with E-state index in [2.05, 4.69) is 29.4 Å². The molecule has 0 saturated heterocycles. The van der Waals surface area contributed by atoms with Gasteiger partial charge in [0.1, 0.15) is 12.4 Å². The van der Waals surface area contributed by atoms with E-state index in [-0.39, 0.29) is 18.6 Å². The van der Waals surface area contributed by atoms with Crippen LogP contribution in [0.15, 0.2) is 103 Å². The summed E-state index contributed by atoms with van der Waals surface area (Å²) in [6.45, 7) is 11.6. The second-order valence-electron chi connectivity index (χ2n) is 12.4. The van der Waals surface area contributed by atoms with E-state index in [0.717, 1.165) is 71.8 Å². The van der Waals surface area contributed by atoms with E-state index in [9.17, 15) is 18.0 Å². The number of halogens is 4. The minimum atomic E-state index is -4.37. The van der Waals surface area contributed by atoms with Crippen molar-refractivity contribution < 1.29 is 37.7 Å². The van der Waals surface area contributed by atoms with E-state index in [1.165, 1.54) is 49.1 Å². The molecule has 4 aromatic carbocycles. The van der Waals surface area contributed by atoms with Crippen LogP contribution in [0, 0.1) is 6.92 Å². The smallest absolute Gasteiger partial charge is 0.416 e. The van der Waals surface area contributed by atoms with Crippen LogP contribution < -0.4 is 10.1 Å². The summed E-state index contributed by atoms with van der Waals surface area (Å²) in [4.78, 5) is 23.8. The van der Waals surface area contributed by atoms with Crippen LogP contribution in [0.1, 0.15) is 90.1 Å². The number of carboxylic acid groups (broad SMARTS) is 2. The number of rotatable bonds is 11. The van der Waals surface area contributed by atoms with Crippen LogP contribution in [0.4, 0.5) is 13.2 Å². The summed E-state index contributed by atoms with van der Waals surface area (Å²) in [5.74, 6) is -0.176. The number of pyridine rings is 1. The number of nitrogens with zero attached hydrogens (tertiary/aromatic N) is 1. The Labute approximate surface area is 339 Å². The monoisotopic (exact) mass is 806 g/mol. The molecule has 0 bridgehead atoms. The van der Waals surface area contributed by atoms with Gasteiger partial charge in [-0.3, -0.25) is 9.78 Å². The van der Waals surface area contributed by atoms with Crippen LogP contribution in [-0.4, -0.2) is 40.7 Å². The lowest BCUT2D eigenvalue weighted by Gasteiger charge is -2.14. The first-order chi connectivity index (χ1) is 27.5. The number of aryl methyl sites for hydroxylation is 3. The summed E-state index contributed by atoms with van der Waals surface area (Å²) >= 11 is 6.48. The number of ether oxygens (including phenoxy) is 1. The lowest BCUT2D eigenvalue weighted by Crippen LogP contribution is -2.20. The topological polar surface area (TPSA) is 109 Å². The highest BCUT2D eigenvalue weighted by Gasteiger charge is 2.30. The van der Waals surface area contributed by atoms with Crippen LogP contribution in [0.3, 0.4) is 0 Å². The number of carboxylic acids is 1. The maximum absolute atomic E-state index is 12.8. The van der Waals surface area contributed by atoms with E-state index < -0.39 is 17.7 Å². The van der Waals surface area contributed by atoms with Gasteiger partial charge < -0.3 is 20.3 Å². The minimum Gasteiger partial charge on any atom is -0.489 e. The molecule has 11 heteroatoms. The Kier molecular flexibility index (Phi) is 21.8. The molecule has 0 amide bonds. The molecule has 5 aromatic rings. The molecule has 6 rings (SSSR count). The molecule has 0 spiro atoms. The molecule has 7 nitrogen and oxygen atoms in total. The number of benzene rings is 4. The Morgan fingerprint density at radius 1 is 0.825 bits per heavy atom. The average molecular weight is 807 g/mol. The van der Waals surface area contributed by atoms with Gasteiger partial charge in [-0.2, -0.15) is 13.2 Å². The maximum Gasteiger partial charge on any atom is 0.416 e. The third-order valence-corrected chi connectivity index (χ3v) is 8.99. The first kappa shape index (κ1) is 48.0. The third-order valence-electron chi connectivity index (χ3n) is 8.63. The van der Waals surface area contributed by atoms with Crippen LogP contribution in [0.5, 0.6) is 5.75 Å². The van der Waals surface area contributed by atoms with Crippen molar-refractivity contribution in [1.29, 1.82) is 0 Å². The average Bonchev–Trinajstić information content (AvgIpc) is 3.22. The lowest BCUT2D eigenvalue weighted by atomic mass is 9.96. The molecular weight excluding hydrogens is 753 g/mol. The van der Waals surface area contributed by atoms with Crippen molar-refractivity contribution >= 4 is 24.0 Å². The molecule has 0 radical (unpaired) electrons. The highest BCUT2D eigenvalue weighted by molar-refractivity contribution is 6.31. The zero-order valence-corrected chi connectivity index (χ0v) is 34.1. The standard InChI is InChI=1S/C31H27ClF3NO3.C10H13N.2C2H6.CH2O2/c32-28-19-25(22-11-13-27(14-12-22)31(33,34)35)9-10-26(28)20-39-29-4-2-1-3-23(29)16-18-36-17-15-21-5-7-24(8-6-21)30(37)38;1-8-6-7-9-4-2-3-5-10(9)11-8;2*1-2;2-1-3/h1-14,19,36H,15-18,20H2,(H,37,38);6-7H,2-5H2,1H3;2*1-2H3;1H,(H,2,3). The van der Waals surface area contributed by atoms with E-state index >= 15 is 0 Å². The van der Waals surface area contributed by atoms with E-state index in [1.807, 2.05) is 76.2 Å². The number of fused-ring (bicyclic) bond motifs is 1. The highest BCUT2D eigenvalue weighted by Crippen LogP contribution is 2.32. The number of hydrogen-bond donors (Lipinski definition) is 3. The molecule has 0 aliphatic heterocycles. The van der Waals surface area contributed by atoms with Gasteiger partial charge in [-0.1, -0.05) is 100.0 Å². The van der Waals surface area contributed by atoms with Crippen LogP contribution >= 0.6 is 11.6 Å². The first-order valence-corrected chi connectivity index (χ1v) is 19.6. The van der Waals surface area contributed by atoms with Crippen molar-refractivity contribution in [2.24, 2.45) is 0 Å². The summed E-state index contributed by atoms with van der Waals surface area (Å²) in [7, 11) is 0. The van der Waals surface area contributed by atoms with Crippen LogP contribution in [0.2, 0.25) is 5.02 Å². The molecule has 1 heterocycles. The molecule has 0 saturated carbocycles. The van der Waals surface area contributed by atoms with Gasteiger partial charge in [0.05, 0.1) is 11.1 Å². The van der Waals surface area contributed by atoms with Gasteiger partial charge in [0, 0.05) is 22.0 Å². The molecule has 57 heavy (non-hydrogen) atoms. The Bertz CT molecular complexity index is 1930. The van der Waals surface area contributed by atoms with Gasteiger partial charge in [0.15, 0.2) is 0 Å². The number of carbonyl (C=O) groups is 2. The Hall–Kier alpha value is -5.19. The van der Waals surface area contributed by atoms with Gasteiger partial charge in [-0.15, -0.1) is 0 Å². The summed E-state index contributed by atoms with van der Waals surface area (Å²) < 4.78 is 44.6. The third kappa shape index (κ3) is 16.4. The predicted octanol–water partition coefficient (Wildman–Crippen LogP) is 11.7. The zero-order chi connectivity index (χ0) is 42.2. The Morgan fingerprint density at radius 3 is 2.07 bits per heavy atom. The van der Waals surface area contributed by atoms with Crippen molar-refractivity contribution in [3.8, 4) is 16.9 Å². The van der Waals surface area contributed by atoms with Crippen LogP contribution in [0.25, 0.3) is 11.1 Å². The molecule has 1 aromatic heterocycles. The van der Waals surface area contributed by atoms with Crippen molar-refractivity contribution in [3.05, 3.63) is 153 Å². The zero-order valence-electron chi connectivity index (χ0n) is 33.3. The van der Waals surface area contributed by atoms with Crippen molar-refractivity contribution in [2.75, 3.05) is 13.1 Å². The fourth-order valence-electron chi connectivity index (χ4n) is 5.79. The molecule has 306 valence electrons. The van der Waals surface area contributed by atoms with Gasteiger partial charge in [0.2, 0.25) is 0 Å². The highest BCUT2D eigenvalue weighted by atomic mass is 35.5. The number of nitrogens with one attached hydrogen (secondary N) is 1. The quantitative estimate of drug-likeness (QED) is 0.0901. The van der Waals surface area contributed by atoms with Crippen LogP contribution in [-0.2, 0) is 43.3 Å². The summed E-state index contributed by atoms with van der Waals surface area (Å²) in [6.07, 6.45) is 2.27. The molecule has 0 fully saturated rings. The lowest BCUT2D eigenvalue weighted by molar-refractivity contribution is -0.137. The maximum atomic E-state index is 12.8. The number of para-hydroxylation sites is 1. The van der Waals surface area contributed by atoms with Crippen molar-refractivity contribution in [3.63, 3.8) is 0 Å². The summed E-state index contributed by atoms with van der Waals surface area (Å²) in [5.41, 5.74) is 7.82. The Morgan fingerprint density at radius 2 is 1.44 bits per heavy atom. The summed E-state index contributed by atoms with van der Waals surface area (Å²) in [6, 6.07) is 29.4. The van der Waals surface area contributed by atoms with Crippen molar-refractivity contribution in [1.82, 2.24) is 10.3 Å². The number of aromatic carboxylic acids is 1. The van der Waals surface area contributed by atoms with Gasteiger partial charge in [-0.05, 0) is 129 Å². The number of aromatic nitrogens is 1. The Balaban J connectivity index is 0.000000516. The summed E-state index contributed by atoms with van der Waals surface area (Å²) in [5, 5.41) is 19.8. The molecule has 0 atom stereocenters. The van der Waals surface area contributed by atoms with Gasteiger partial charge in [-0.25, -0.2) is 4.79 Å². The molecular formula is C46H54ClF3N2O5.